The highest BCUT2D eigenvalue weighted by atomic mass is 16.2. The van der Waals surface area contributed by atoms with Crippen LogP contribution in [0.2, 0.25) is 0 Å². The molecular weight excluding hydrogens is 264 g/mol. The molecular formula is C16H24N4O. The van der Waals surface area contributed by atoms with E-state index in [0.29, 0.717) is 11.8 Å². The second kappa shape index (κ2) is 6.43. The third-order valence-corrected chi connectivity index (χ3v) is 4.64. The number of aromatic nitrogens is 1. The number of amides is 1. The summed E-state index contributed by atoms with van der Waals surface area (Å²) >= 11 is 0. The van der Waals surface area contributed by atoms with Gasteiger partial charge in [0.2, 0.25) is 5.91 Å². The molecule has 2 fully saturated rings. The molecule has 0 aromatic carbocycles. The summed E-state index contributed by atoms with van der Waals surface area (Å²) in [4.78, 5) is 22.5. The van der Waals surface area contributed by atoms with Gasteiger partial charge in [0.25, 0.3) is 0 Å². The standard InChI is InChI=1S/C16H24N4O/c1-18-12-14(2-3-16(18)21)13-19-8-10-20(11-9-19)15-4-6-17-7-5-15/h4-7,14H,2-3,8-13H2,1H3. The number of anilines is 1. The predicted molar refractivity (Wildman–Crippen MR) is 83.3 cm³/mol. The zero-order chi connectivity index (χ0) is 14.7. The Kier molecular flexibility index (Phi) is 4.39. The van der Waals surface area contributed by atoms with Crippen LogP contribution in [-0.2, 0) is 4.79 Å². The molecule has 21 heavy (non-hydrogen) atoms. The van der Waals surface area contributed by atoms with Crippen molar-refractivity contribution in [1.29, 1.82) is 0 Å². The molecule has 1 unspecified atom stereocenters. The number of hydrogen-bond donors (Lipinski definition) is 0. The molecule has 0 aliphatic carbocycles. The van der Waals surface area contributed by atoms with Crippen molar-refractivity contribution in [3.8, 4) is 0 Å². The quantitative estimate of drug-likeness (QED) is 0.834. The van der Waals surface area contributed by atoms with Crippen LogP contribution in [0.15, 0.2) is 24.5 Å². The van der Waals surface area contributed by atoms with Gasteiger partial charge in [0.15, 0.2) is 0 Å². The molecule has 1 aromatic rings. The van der Waals surface area contributed by atoms with Gasteiger partial charge in [0, 0.05) is 70.8 Å². The number of carbonyl (C=O) groups is 1. The van der Waals surface area contributed by atoms with Crippen molar-refractivity contribution in [3.63, 3.8) is 0 Å². The molecule has 114 valence electrons. The Morgan fingerprint density at radius 3 is 2.57 bits per heavy atom. The number of pyridine rings is 1. The van der Waals surface area contributed by atoms with Crippen LogP contribution >= 0.6 is 0 Å². The fourth-order valence-corrected chi connectivity index (χ4v) is 3.36. The molecule has 5 heteroatoms. The Hall–Kier alpha value is -1.62. The minimum atomic E-state index is 0.300. The van der Waals surface area contributed by atoms with Crippen molar-refractivity contribution in [3.05, 3.63) is 24.5 Å². The third kappa shape index (κ3) is 3.53. The Morgan fingerprint density at radius 1 is 1.19 bits per heavy atom. The van der Waals surface area contributed by atoms with Gasteiger partial charge in [-0.3, -0.25) is 14.7 Å². The van der Waals surface area contributed by atoms with Crippen molar-refractivity contribution >= 4 is 11.6 Å². The number of piperazine rings is 1. The normalized spacial score (nSPS) is 24.4. The lowest BCUT2D eigenvalue weighted by atomic mass is 9.97. The summed E-state index contributed by atoms with van der Waals surface area (Å²) in [5, 5.41) is 0. The first-order valence-electron chi connectivity index (χ1n) is 7.83. The fourth-order valence-electron chi connectivity index (χ4n) is 3.36. The molecule has 5 nitrogen and oxygen atoms in total. The van der Waals surface area contributed by atoms with E-state index in [9.17, 15) is 4.79 Å². The zero-order valence-electron chi connectivity index (χ0n) is 12.7. The highest BCUT2D eigenvalue weighted by Crippen LogP contribution is 2.20. The van der Waals surface area contributed by atoms with Crippen LogP contribution in [-0.4, -0.2) is 67.0 Å². The van der Waals surface area contributed by atoms with E-state index in [1.54, 1.807) is 0 Å². The van der Waals surface area contributed by atoms with Gasteiger partial charge < -0.3 is 9.80 Å². The second-order valence-electron chi connectivity index (χ2n) is 6.17. The third-order valence-electron chi connectivity index (χ3n) is 4.64. The second-order valence-corrected chi connectivity index (χ2v) is 6.17. The van der Waals surface area contributed by atoms with Gasteiger partial charge in [-0.05, 0) is 24.5 Å². The topological polar surface area (TPSA) is 39.7 Å². The molecule has 3 rings (SSSR count). The molecule has 2 aliphatic heterocycles. The molecule has 1 atom stereocenters. The number of carbonyl (C=O) groups excluding carboxylic acids is 1. The van der Waals surface area contributed by atoms with Crippen molar-refractivity contribution in [1.82, 2.24) is 14.8 Å². The van der Waals surface area contributed by atoms with Gasteiger partial charge in [0.05, 0.1) is 0 Å². The van der Waals surface area contributed by atoms with Crippen LogP contribution < -0.4 is 4.90 Å². The van der Waals surface area contributed by atoms with Gasteiger partial charge in [-0.25, -0.2) is 0 Å². The molecule has 0 spiro atoms. The summed E-state index contributed by atoms with van der Waals surface area (Å²) in [6.07, 6.45) is 5.49. The van der Waals surface area contributed by atoms with Crippen molar-refractivity contribution < 1.29 is 4.79 Å². The molecule has 0 saturated carbocycles. The van der Waals surface area contributed by atoms with E-state index in [4.69, 9.17) is 0 Å². The summed E-state index contributed by atoms with van der Waals surface area (Å²) in [6, 6.07) is 4.16. The van der Waals surface area contributed by atoms with Crippen LogP contribution in [0.3, 0.4) is 0 Å². The summed E-state index contributed by atoms with van der Waals surface area (Å²) in [5.41, 5.74) is 1.27. The number of hydrogen-bond acceptors (Lipinski definition) is 4. The van der Waals surface area contributed by atoms with Crippen LogP contribution in [0.4, 0.5) is 5.69 Å². The SMILES string of the molecule is CN1CC(CN2CCN(c3ccncc3)CC2)CCC1=O. The van der Waals surface area contributed by atoms with E-state index >= 15 is 0 Å². The Morgan fingerprint density at radius 2 is 1.90 bits per heavy atom. The number of rotatable bonds is 3. The minimum absolute atomic E-state index is 0.300. The summed E-state index contributed by atoms with van der Waals surface area (Å²) in [6.45, 7) is 6.41. The van der Waals surface area contributed by atoms with Crippen molar-refractivity contribution in [2.75, 3.05) is 51.2 Å². The highest BCUT2D eigenvalue weighted by molar-refractivity contribution is 5.76. The molecule has 0 N–H and O–H groups in total. The maximum absolute atomic E-state index is 11.5. The molecule has 3 heterocycles. The predicted octanol–water partition coefficient (Wildman–Crippen LogP) is 1.07. The maximum atomic E-state index is 11.5. The van der Waals surface area contributed by atoms with E-state index in [-0.39, 0.29) is 0 Å². The van der Waals surface area contributed by atoms with E-state index in [2.05, 4.69) is 26.9 Å². The minimum Gasteiger partial charge on any atom is -0.369 e. The molecule has 2 saturated heterocycles. The lowest BCUT2D eigenvalue weighted by Gasteiger charge is -2.39. The number of piperidine rings is 1. The van der Waals surface area contributed by atoms with Crippen LogP contribution in [0.1, 0.15) is 12.8 Å². The van der Waals surface area contributed by atoms with Gasteiger partial charge in [-0.1, -0.05) is 0 Å². The summed E-state index contributed by atoms with van der Waals surface area (Å²) < 4.78 is 0. The van der Waals surface area contributed by atoms with Crippen molar-refractivity contribution in [2.45, 2.75) is 12.8 Å². The molecule has 0 radical (unpaired) electrons. The largest absolute Gasteiger partial charge is 0.369 e. The van der Waals surface area contributed by atoms with E-state index in [1.807, 2.05) is 24.3 Å². The van der Waals surface area contributed by atoms with Crippen LogP contribution in [0, 0.1) is 5.92 Å². The van der Waals surface area contributed by atoms with Gasteiger partial charge in [-0.2, -0.15) is 0 Å². The summed E-state index contributed by atoms with van der Waals surface area (Å²) in [7, 11) is 1.93. The smallest absolute Gasteiger partial charge is 0.222 e. The Labute approximate surface area is 126 Å². The highest BCUT2D eigenvalue weighted by Gasteiger charge is 2.26. The lowest BCUT2D eigenvalue weighted by molar-refractivity contribution is -0.133. The Bertz CT molecular complexity index is 470. The molecule has 2 aliphatic rings. The number of nitrogens with zero attached hydrogens (tertiary/aromatic N) is 4. The first kappa shape index (κ1) is 14.3. The average Bonchev–Trinajstić information content (AvgIpc) is 2.53. The molecule has 1 aromatic heterocycles. The maximum Gasteiger partial charge on any atom is 0.222 e. The van der Waals surface area contributed by atoms with Crippen LogP contribution in [0.5, 0.6) is 0 Å². The van der Waals surface area contributed by atoms with E-state index in [1.165, 1.54) is 5.69 Å². The van der Waals surface area contributed by atoms with E-state index < -0.39 is 0 Å². The van der Waals surface area contributed by atoms with Crippen LogP contribution in [0.25, 0.3) is 0 Å². The van der Waals surface area contributed by atoms with Crippen molar-refractivity contribution in [2.24, 2.45) is 5.92 Å². The van der Waals surface area contributed by atoms with Gasteiger partial charge >= 0.3 is 0 Å². The average molecular weight is 288 g/mol. The fraction of sp³-hybridized carbons (Fsp3) is 0.625. The molecule has 1 amide bonds. The molecule has 0 bridgehead atoms. The first-order chi connectivity index (χ1) is 10.2. The Balaban J connectivity index is 1.47. The summed E-state index contributed by atoms with van der Waals surface area (Å²) in [5.74, 6) is 0.939. The zero-order valence-corrected chi connectivity index (χ0v) is 12.7. The van der Waals surface area contributed by atoms with E-state index in [0.717, 1.165) is 52.1 Å². The number of likely N-dealkylation sites (tertiary alicyclic amines) is 1. The van der Waals surface area contributed by atoms with Gasteiger partial charge in [-0.15, -0.1) is 0 Å². The van der Waals surface area contributed by atoms with Gasteiger partial charge in [0.1, 0.15) is 0 Å². The first-order valence-corrected chi connectivity index (χ1v) is 7.83. The lowest BCUT2D eigenvalue weighted by Crippen LogP contribution is -2.49. The monoisotopic (exact) mass is 288 g/mol.